The fourth-order valence-corrected chi connectivity index (χ4v) is 4.86. The van der Waals surface area contributed by atoms with Crippen molar-refractivity contribution in [1.82, 2.24) is 0 Å². The lowest BCUT2D eigenvalue weighted by Crippen LogP contribution is -2.76. The van der Waals surface area contributed by atoms with Gasteiger partial charge >= 0.3 is 17.9 Å². The van der Waals surface area contributed by atoms with Gasteiger partial charge in [0.25, 0.3) is 0 Å². The SMILES string of the molecule is CC#C[C@]1(OC(C)=O)CC[C@]2(OC(C)=O)O[C@@H]3C[C@@]1(C)[C@H]2[C@H](OC(C)=O)O3. The molecule has 3 aliphatic heterocycles. The summed E-state index contributed by atoms with van der Waals surface area (Å²) in [6, 6.07) is 0. The van der Waals surface area contributed by atoms with E-state index < -0.39 is 53.2 Å². The molecule has 0 aromatic carbocycles. The van der Waals surface area contributed by atoms with E-state index in [1.54, 1.807) is 6.92 Å². The summed E-state index contributed by atoms with van der Waals surface area (Å²) in [5, 5.41) is 0. The summed E-state index contributed by atoms with van der Waals surface area (Å²) in [5.74, 6) is 2.36. The Balaban J connectivity index is 2.15. The van der Waals surface area contributed by atoms with E-state index in [2.05, 4.69) is 11.8 Å². The number of hydrogen-bond acceptors (Lipinski definition) is 8. The predicted octanol–water partition coefficient (Wildman–Crippen LogP) is 1.65. The van der Waals surface area contributed by atoms with Crippen molar-refractivity contribution in [3.05, 3.63) is 0 Å². The molecule has 1 saturated carbocycles. The van der Waals surface area contributed by atoms with Gasteiger partial charge in [-0.15, -0.1) is 5.92 Å². The monoisotopic (exact) mass is 380 g/mol. The normalized spacial score (nSPS) is 41.7. The molecule has 4 rings (SSSR count). The minimum absolute atomic E-state index is 0.229. The number of carbonyl (C=O) groups excluding carboxylic acids is 3. The van der Waals surface area contributed by atoms with Crippen molar-refractivity contribution < 1.29 is 38.1 Å². The molecule has 0 spiro atoms. The molecule has 0 unspecified atom stereocenters. The van der Waals surface area contributed by atoms with Gasteiger partial charge < -0.3 is 23.7 Å². The van der Waals surface area contributed by atoms with Crippen molar-refractivity contribution in [1.29, 1.82) is 0 Å². The Hall–Kier alpha value is -2.11. The maximum atomic E-state index is 11.9. The topological polar surface area (TPSA) is 97.4 Å². The maximum absolute atomic E-state index is 11.9. The highest BCUT2D eigenvalue weighted by molar-refractivity contribution is 5.68. The zero-order valence-corrected chi connectivity index (χ0v) is 16.1. The smallest absolute Gasteiger partial charge is 0.305 e. The van der Waals surface area contributed by atoms with E-state index in [1.165, 1.54) is 20.8 Å². The second kappa shape index (κ2) is 6.50. The van der Waals surface area contributed by atoms with Crippen LogP contribution in [0.2, 0.25) is 0 Å². The summed E-state index contributed by atoms with van der Waals surface area (Å²) < 4.78 is 28.5. The Labute approximate surface area is 157 Å². The molecule has 27 heavy (non-hydrogen) atoms. The molecule has 148 valence electrons. The zero-order chi connectivity index (χ0) is 20.0. The Bertz CT molecular complexity index is 736. The average molecular weight is 380 g/mol. The molecule has 0 aromatic heterocycles. The first-order valence-corrected chi connectivity index (χ1v) is 8.91. The molecule has 1 aliphatic carbocycles. The molecular formula is C19H24O8. The molecule has 6 atom stereocenters. The van der Waals surface area contributed by atoms with Gasteiger partial charge in [0.05, 0.1) is 5.92 Å². The van der Waals surface area contributed by atoms with Crippen LogP contribution in [0.15, 0.2) is 0 Å². The molecule has 8 nitrogen and oxygen atoms in total. The first kappa shape index (κ1) is 19.6. The van der Waals surface area contributed by atoms with Crippen LogP contribution in [0, 0.1) is 23.2 Å². The molecule has 4 bridgehead atoms. The summed E-state index contributed by atoms with van der Waals surface area (Å²) in [4.78, 5) is 35.4. The van der Waals surface area contributed by atoms with Gasteiger partial charge in [0, 0.05) is 45.4 Å². The fourth-order valence-electron chi connectivity index (χ4n) is 4.86. The van der Waals surface area contributed by atoms with E-state index >= 15 is 0 Å². The van der Waals surface area contributed by atoms with Crippen LogP contribution in [0.25, 0.3) is 0 Å². The summed E-state index contributed by atoms with van der Waals surface area (Å²) in [6.45, 7) is 7.44. The molecule has 0 aromatic rings. The van der Waals surface area contributed by atoms with E-state index in [0.717, 1.165) is 0 Å². The van der Waals surface area contributed by atoms with Crippen LogP contribution < -0.4 is 0 Å². The van der Waals surface area contributed by atoms with Gasteiger partial charge in [0.2, 0.25) is 12.1 Å². The van der Waals surface area contributed by atoms with Crippen LogP contribution in [0.3, 0.4) is 0 Å². The van der Waals surface area contributed by atoms with Gasteiger partial charge in [0.1, 0.15) is 0 Å². The van der Waals surface area contributed by atoms with Crippen LogP contribution in [0.5, 0.6) is 0 Å². The number of fused-ring (bicyclic) bond motifs is 1. The average Bonchev–Trinajstić information content (AvgIpc) is 2.49. The van der Waals surface area contributed by atoms with Crippen molar-refractivity contribution in [2.24, 2.45) is 11.3 Å². The van der Waals surface area contributed by atoms with Crippen LogP contribution in [0.1, 0.15) is 53.9 Å². The minimum Gasteiger partial charge on any atom is -0.445 e. The molecule has 3 saturated heterocycles. The van der Waals surface area contributed by atoms with Crippen molar-refractivity contribution in [3.8, 4) is 11.8 Å². The van der Waals surface area contributed by atoms with Gasteiger partial charge in [-0.25, -0.2) is 0 Å². The lowest BCUT2D eigenvalue weighted by Gasteiger charge is -2.66. The molecule has 0 amide bonds. The van der Waals surface area contributed by atoms with Crippen molar-refractivity contribution in [2.75, 3.05) is 0 Å². The van der Waals surface area contributed by atoms with E-state index in [-0.39, 0.29) is 6.42 Å². The van der Waals surface area contributed by atoms with Crippen LogP contribution in [-0.2, 0) is 38.1 Å². The van der Waals surface area contributed by atoms with Crippen LogP contribution in [0.4, 0.5) is 0 Å². The number of ether oxygens (including phenoxy) is 5. The highest BCUT2D eigenvalue weighted by Gasteiger charge is 2.76. The number of rotatable bonds is 3. The van der Waals surface area contributed by atoms with Crippen molar-refractivity contribution >= 4 is 17.9 Å². The minimum atomic E-state index is -1.33. The third-order valence-corrected chi connectivity index (χ3v) is 5.63. The van der Waals surface area contributed by atoms with Crippen molar-refractivity contribution in [3.63, 3.8) is 0 Å². The number of carbonyl (C=O) groups is 3. The summed E-state index contributed by atoms with van der Waals surface area (Å²) in [5.41, 5.74) is -1.96. The summed E-state index contributed by atoms with van der Waals surface area (Å²) >= 11 is 0. The summed E-state index contributed by atoms with van der Waals surface area (Å²) in [7, 11) is 0. The predicted molar refractivity (Wildman–Crippen MR) is 89.4 cm³/mol. The van der Waals surface area contributed by atoms with E-state index in [4.69, 9.17) is 23.7 Å². The highest BCUT2D eigenvalue weighted by atomic mass is 16.8. The van der Waals surface area contributed by atoms with Gasteiger partial charge in [-0.3, -0.25) is 14.4 Å². The Kier molecular flexibility index (Phi) is 4.73. The Morgan fingerprint density at radius 2 is 1.70 bits per heavy atom. The molecule has 4 fully saturated rings. The third-order valence-electron chi connectivity index (χ3n) is 5.63. The van der Waals surface area contributed by atoms with Crippen LogP contribution in [-0.4, -0.2) is 41.9 Å². The zero-order valence-electron chi connectivity index (χ0n) is 16.1. The lowest BCUT2D eigenvalue weighted by atomic mass is 9.52. The molecule has 8 heteroatoms. The number of esters is 3. The van der Waals surface area contributed by atoms with Crippen molar-refractivity contribution in [2.45, 2.75) is 77.8 Å². The van der Waals surface area contributed by atoms with Gasteiger partial charge in [-0.05, 0) is 6.92 Å². The van der Waals surface area contributed by atoms with E-state index in [9.17, 15) is 14.4 Å². The summed E-state index contributed by atoms with van der Waals surface area (Å²) in [6.07, 6.45) is -0.911. The molecule has 4 aliphatic rings. The molecule has 3 heterocycles. The molecular weight excluding hydrogens is 356 g/mol. The van der Waals surface area contributed by atoms with Gasteiger partial charge in [-0.1, -0.05) is 12.8 Å². The first-order valence-electron chi connectivity index (χ1n) is 8.91. The van der Waals surface area contributed by atoms with E-state index in [0.29, 0.717) is 12.8 Å². The molecule has 0 N–H and O–H groups in total. The van der Waals surface area contributed by atoms with E-state index in [1.807, 2.05) is 6.92 Å². The standard InChI is InChI=1S/C19H24O8/c1-6-7-18(25-12(3)21)8-9-19(26-13(4)22)15-16(23-11(2)20)24-14(27-19)10-17(15,18)5/h14-16H,8-10H2,1-5H3/t14-,15-,16-,17+,18+,19+/m1/s1. The third kappa shape index (κ3) is 2.99. The lowest BCUT2D eigenvalue weighted by molar-refractivity contribution is -0.480. The molecule has 0 radical (unpaired) electrons. The Morgan fingerprint density at radius 3 is 2.26 bits per heavy atom. The largest absolute Gasteiger partial charge is 0.445 e. The second-order valence-electron chi connectivity index (χ2n) is 7.46. The van der Waals surface area contributed by atoms with Crippen LogP contribution >= 0.6 is 0 Å². The quantitative estimate of drug-likeness (QED) is 0.414. The highest BCUT2D eigenvalue weighted by Crippen LogP contribution is 2.65. The van der Waals surface area contributed by atoms with Gasteiger partial charge in [-0.2, -0.15) is 0 Å². The maximum Gasteiger partial charge on any atom is 0.305 e. The fraction of sp³-hybridized carbons (Fsp3) is 0.737. The van der Waals surface area contributed by atoms with Gasteiger partial charge in [0.15, 0.2) is 11.9 Å². The first-order chi connectivity index (χ1) is 12.6. The second-order valence-corrected chi connectivity index (χ2v) is 7.46. The Morgan fingerprint density at radius 1 is 1.04 bits per heavy atom. The number of hydrogen-bond donors (Lipinski definition) is 0.